The summed E-state index contributed by atoms with van der Waals surface area (Å²) in [5.74, 6) is -0.493. The van der Waals surface area contributed by atoms with E-state index in [9.17, 15) is 18.3 Å². The fourth-order valence-electron chi connectivity index (χ4n) is 2.83. The lowest BCUT2D eigenvalue weighted by Crippen LogP contribution is -2.12. The van der Waals surface area contributed by atoms with Crippen LogP contribution in [0.2, 0.25) is 0 Å². The van der Waals surface area contributed by atoms with Gasteiger partial charge in [-0.2, -0.15) is 13.2 Å². The number of hydrogen-bond acceptors (Lipinski definition) is 3. The summed E-state index contributed by atoms with van der Waals surface area (Å²) in [5, 5.41) is 18.1. The Kier molecular flexibility index (Phi) is 5.15. The lowest BCUT2D eigenvalue weighted by Gasteiger charge is -2.15. The first-order valence-corrected chi connectivity index (χ1v) is 8.26. The molecule has 2 N–H and O–H groups in total. The number of alkyl halides is 3. The van der Waals surface area contributed by atoms with Crippen molar-refractivity contribution < 1.29 is 23.0 Å². The SMILES string of the molecule is Cc1cc(C(F)(F)F)cc(O)c1C1=NC(=N)/C(=C\[N+]#CC2CCOC2)C=C1. The third-order valence-electron chi connectivity index (χ3n) is 4.22. The molecular weight excluding hydrogens is 359 g/mol. The van der Waals surface area contributed by atoms with Gasteiger partial charge in [0.05, 0.1) is 17.9 Å². The molecule has 0 amide bonds. The summed E-state index contributed by atoms with van der Waals surface area (Å²) in [6, 6.07) is 4.54. The predicted octanol–water partition coefficient (Wildman–Crippen LogP) is 4.31. The fourth-order valence-corrected chi connectivity index (χ4v) is 2.83. The second-order valence-electron chi connectivity index (χ2n) is 6.27. The highest BCUT2D eigenvalue weighted by atomic mass is 19.4. The van der Waals surface area contributed by atoms with Crippen LogP contribution >= 0.6 is 0 Å². The molecule has 0 aromatic heterocycles. The second kappa shape index (κ2) is 7.37. The summed E-state index contributed by atoms with van der Waals surface area (Å²) in [5.41, 5.74) is 0.116. The number of halogens is 3. The first-order valence-electron chi connectivity index (χ1n) is 8.26. The van der Waals surface area contributed by atoms with Crippen LogP contribution in [0.4, 0.5) is 13.2 Å². The van der Waals surface area contributed by atoms with Crippen molar-refractivity contribution in [2.45, 2.75) is 19.5 Å². The number of aliphatic imine (C=N–C) groups is 1. The molecule has 27 heavy (non-hydrogen) atoms. The van der Waals surface area contributed by atoms with Crippen LogP contribution in [0.25, 0.3) is 4.85 Å². The number of dihydropyridines is 1. The summed E-state index contributed by atoms with van der Waals surface area (Å²) >= 11 is 0. The van der Waals surface area contributed by atoms with E-state index in [1.165, 1.54) is 19.2 Å². The molecule has 0 saturated carbocycles. The van der Waals surface area contributed by atoms with Gasteiger partial charge in [-0.15, -0.1) is 0 Å². The van der Waals surface area contributed by atoms with Crippen LogP contribution in [0.5, 0.6) is 5.75 Å². The minimum Gasteiger partial charge on any atom is -0.507 e. The number of benzene rings is 1. The molecule has 1 atom stereocenters. The number of hydrogen-bond donors (Lipinski definition) is 2. The summed E-state index contributed by atoms with van der Waals surface area (Å²) < 4.78 is 43.8. The lowest BCUT2D eigenvalue weighted by molar-refractivity contribution is -0.137. The molecule has 1 saturated heterocycles. The van der Waals surface area contributed by atoms with Gasteiger partial charge in [0.25, 0.3) is 6.07 Å². The van der Waals surface area contributed by atoms with Gasteiger partial charge in [0.15, 0.2) is 5.84 Å². The first-order chi connectivity index (χ1) is 12.8. The van der Waals surface area contributed by atoms with E-state index < -0.39 is 17.5 Å². The third-order valence-corrected chi connectivity index (χ3v) is 4.22. The second-order valence-corrected chi connectivity index (χ2v) is 6.27. The van der Waals surface area contributed by atoms with Crippen LogP contribution in [0.3, 0.4) is 0 Å². The number of phenolic OH excluding ortho intramolecular Hbond substituents is 1. The molecule has 3 rings (SSSR count). The zero-order valence-corrected chi connectivity index (χ0v) is 14.5. The Balaban J connectivity index is 1.84. The highest BCUT2D eigenvalue weighted by Gasteiger charge is 2.32. The molecule has 140 valence electrons. The maximum absolute atomic E-state index is 12.8. The lowest BCUT2D eigenvalue weighted by atomic mass is 9.97. The normalized spacial score (nSPS) is 21.2. The Labute approximate surface area is 153 Å². The number of ether oxygens (including phenoxy) is 1. The maximum Gasteiger partial charge on any atom is 0.416 e. The zero-order chi connectivity index (χ0) is 19.6. The van der Waals surface area contributed by atoms with Gasteiger partial charge < -0.3 is 9.84 Å². The average Bonchev–Trinajstić information content (AvgIpc) is 3.08. The van der Waals surface area contributed by atoms with E-state index in [0.29, 0.717) is 24.9 Å². The van der Waals surface area contributed by atoms with Gasteiger partial charge >= 0.3 is 12.4 Å². The van der Waals surface area contributed by atoms with Gasteiger partial charge in [-0.05, 0) is 48.0 Å². The van der Waals surface area contributed by atoms with Crippen LogP contribution in [0.15, 0.2) is 41.1 Å². The molecule has 0 spiro atoms. The van der Waals surface area contributed by atoms with Gasteiger partial charge in [-0.1, -0.05) is 0 Å². The number of rotatable bonds is 1. The monoisotopic (exact) mass is 376 g/mol. The number of nitrogens with zero attached hydrogens (tertiary/aromatic N) is 2. The smallest absolute Gasteiger partial charge is 0.416 e. The Morgan fingerprint density at radius 2 is 2.15 bits per heavy atom. The molecule has 0 radical (unpaired) electrons. The minimum atomic E-state index is -4.55. The van der Waals surface area contributed by atoms with Gasteiger partial charge in [0, 0.05) is 12.2 Å². The topological polar surface area (TPSA) is 70.0 Å². The van der Waals surface area contributed by atoms with Crippen molar-refractivity contribution in [3.05, 3.63) is 57.6 Å². The Morgan fingerprint density at radius 1 is 1.37 bits per heavy atom. The highest BCUT2D eigenvalue weighted by molar-refractivity contribution is 6.21. The van der Waals surface area contributed by atoms with Crippen molar-refractivity contribution >= 4 is 11.5 Å². The molecule has 2 aliphatic rings. The molecule has 8 heteroatoms. The molecule has 1 aromatic carbocycles. The average molecular weight is 376 g/mol. The summed E-state index contributed by atoms with van der Waals surface area (Å²) in [6.45, 7) is 2.72. The van der Waals surface area contributed by atoms with Crippen molar-refractivity contribution in [3.8, 4) is 11.8 Å². The fraction of sp³-hybridized carbons (Fsp3) is 0.316. The van der Waals surface area contributed by atoms with Crippen molar-refractivity contribution in [2.75, 3.05) is 13.2 Å². The van der Waals surface area contributed by atoms with E-state index in [0.717, 1.165) is 12.5 Å². The van der Waals surface area contributed by atoms with E-state index in [-0.39, 0.29) is 28.6 Å². The molecule has 1 fully saturated rings. The number of aromatic hydroxyl groups is 1. The van der Waals surface area contributed by atoms with E-state index in [1.807, 2.05) is 0 Å². The quantitative estimate of drug-likeness (QED) is 0.767. The minimum absolute atomic E-state index is 0.0978. The first kappa shape index (κ1) is 18.9. The van der Waals surface area contributed by atoms with Crippen molar-refractivity contribution in [3.63, 3.8) is 0 Å². The van der Waals surface area contributed by atoms with E-state index in [4.69, 9.17) is 10.1 Å². The number of amidine groups is 1. The van der Waals surface area contributed by atoms with Gasteiger partial charge in [-0.25, -0.2) is 4.99 Å². The molecule has 2 aliphatic heterocycles. The van der Waals surface area contributed by atoms with Crippen LogP contribution in [-0.2, 0) is 10.9 Å². The molecule has 1 aromatic rings. The zero-order valence-electron chi connectivity index (χ0n) is 14.5. The van der Waals surface area contributed by atoms with Crippen LogP contribution in [0.1, 0.15) is 23.1 Å². The number of phenols is 1. The van der Waals surface area contributed by atoms with Crippen LogP contribution in [-0.4, -0.2) is 29.9 Å². The van der Waals surface area contributed by atoms with Crippen molar-refractivity contribution in [2.24, 2.45) is 10.9 Å². The number of aryl methyl sites for hydroxylation is 1. The van der Waals surface area contributed by atoms with Gasteiger partial charge in [-0.3, -0.25) is 5.41 Å². The predicted molar refractivity (Wildman–Crippen MR) is 95.5 cm³/mol. The number of nitrogens with one attached hydrogen (secondary N) is 1. The van der Waals surface area contributed by atoms with E-state index >= 15 is 0 Å². The van der Waals surface area contributed by atoms with Crippen molar-refractivity contribution in [1.29, 1.82) is 5.41 Å². The van der Waals surface area contributed by atoms with E-state index in [1.54, 1.807) is 6.08 Å². The molecule has 0 bridgehead atoms. The highest BCUT2D eigenvalue weighted by Crippen LogP contribution is 2.35. The number of allylic oxidation sites excluding steroid dienone is 1. The van der Waals surface area contributed by atoms with Gasteiger partial charge in [0.1, 0.15) is 17.2 Å². The van der Waals surface area contributed by atoms with E-state index in [2.05, 4.69) is 15.9 Å². The summed E-state index contributed by atoms with van der Waals surface area (Å²) in [7, 11) is 0. The molecule has 0 aliphatic carbocycles. The molecule has 2 heterocycles. The molecule has 5 nitrogen and oxygen atoms in total. The summed E-state index contributed by atoms with van der Waals surface area (Å²) in [4.78, 5) is 8.16. The van der Waals surface area contributed by atoms with Crippen LogP contribution < -0.4 is 0 Å². The Morgan fingerprint density at radius 3 is 2.74 bits per heavy atom. The Hall–Kier alpha value is -2.92. The standard InChI is InChI=1S/C19H16F3N3O2/c1-11-6-14(19(20,21)22)7-16(26)17(11)15-3-2-13(18(23)25-15)9-24-8-12-4-5-27-10-12/h2-3,6-7,9,12H,4-5,10H2,1H3,(H-,23,25,26)/p+1/b13-9-. The molecular formula is C19H17F3N3O2+. The van der Waals surface area contributed by atoms with Crippen LogP contribution in [0, 0.1) is 24.3 Å². The third kappa shape index (κ3) is 4.26. The maximum atomic E-state index is 12.8. The molecule has 1 unspecified atom stereocenters. The summed E-state index contributed by atoms with van der Waals surface area (Å²) in [6.07, 6.45) is 0.878. The Bertz CT molecular complexity index is 905. The largest absolute Gasteiger partial charge is 0.507 e. The van der Waals surface area contributed by atoms with Gasteiger partial charge in [0.2, 0.25) is 0 Å². The van der Waals surface area contributed by atoms with Crippen molar-refractivity contribution in [1.82, 2.24) is 0 Å².